The number of ether oxygens (including phenoxy) is 2. The normalized spacial score (nSPS) is 11.3. The molecule has 0 aliphatic rings. The average Bonchev–Trinajstić information content (AvgIpc) is 2.27. The van der Waals surface area contributed by atoms with Gasteiger partial charge in [0.05, 0.1) is 20.8 Å². The summed E-state index contributed by atoms with van der Waals surface area (Å²) in [4.78, 5) is 0.0147. The van der Waals surface area contributed by atoms with Crippen LogP contribution in [0.2, 0.25) is 0 Å². The number of nitrogens with one attached hydrogen (secondary N) is 1. The summed E-state index contributed by atoms with van der Waals surface area (Å²) in [6, 6.07) is 3.09. The van der Waals surface area contributed by atoms with Crippen LogP contribution in [0.25, 0.3) is 0 Å². The SMILES string of the molecule is COc1ccc(OC)c(S(C)(=O)=O)c1CNO. The fraction of sp³-hybridized carbons (Fsp3) is 0.400. The number of sulfone groups is 1. The number of benzene rings is 1. The molecule has 1 rings (SSSR count). The zero-order chi connectivity index (χ0) is 13.1. The van der Waals surface area contributed by atoms with Crippen LogP contribution in [0.4, 0.5) is 0 Å². The molecule has 96 valence electrons. The molecular formula is C10H15NO5S. The molecule has 0 fully saturated rings. The summed E-state index contributed by atoms with van der Waals surface area (Å²) < 4.78 is 33.5. The third kappa shape index (κ3) is 2.87. The summed E-state index contributed by atoms with van der Waals surface area (Å²) in [6.45, 7) is -0.0528. The van der Waals surface area contributed by atoms with Gasteiger partial charge >= 0.3 is 0 Å². The first kappa shape index (κ1) is 13.8. The average molecular weight is 261 g/mol. The molecule has 0 aromatic heterocycles. The number of hydrogen-bond acceptors (Lipinski definition) is 6. The molecule has 0 bridgehead atoms. The van der Waals surface area contributed by atoms with Crippen LogP contribution in [-0.4, -0.2) is 34.1 Å². The van der Waals surface area contributed by atoms with Crippen molar-refractivity contribution < 1.29 is 23.1 Å². The van der Waals surface area contributed by atoms with E-state index in [-0.39, 0.29) is 17.2 Å². The summed E-state index contributed by atoms with van der Waals surface area (Å²) in [5, 5.41) is 8.75. The van der Waals surface area contributed by atoms with E-state index < -0.39 is 9.84 Å². The van der Waals surface area contributed by atoms with E-state index in [1.165, 1.54) is 20.3 Å². The van der Waals surface area contributed by atoms with Crippen LogP contribution in [0.15, 0.2) is 17.0 Å². The first-order valence-electron chi connectivity index (χ1n) is 4.76. The van der Waals surface area contributed by atoms with Crippen molar-refractivity contribution in [2.24, 2.45) is 0 Å². The zero-order valence-corrected chi connectivity index (χ0v) is 10.7. The molecule has 0 atom stereocenters. The molecular weight excluding hydrogens is 246 g/mol. The number of hydroxylamine groups is 1. The van der Waals surface area contributed by atoms with Crippen molar-refractivity contribution >= 4 is 9.84 Å². The maximum atomic E-state index is 11.7. The van der Waals surface area contributed by atoms with Crippen molar-refractivity contribution in [2.75, 3.05) is 20.5 Å². The Kier molecular flexibility index (Phi) is 4.33. The van der Waals surface area contributed by atoms with Crippen molar-refractivity contribution in [1.82, 2.24) is 5.48 Å². The topological polar surface area (TPSA) is 84.9 Å². The van der Waals surface area contributed by atoms with E-state index in [0.29, 0.717) is 11.3 Å². The van der Waals surface area contributed by atoms with E-state index in [0.717, 1.165) is 6.26 Å². The highest BCUT2D eigenvalue weighted by atomic mass is 32.2. The van der Waals surface area contributed by atoms with E-state index in [2.05, 4.69) is 0 Å². The molecule has 0 saturated heterocycles. The van der Waals surface area contributed by atoms with Crippen molar-refractivity contribution in [2.45, 2.75) is 11.4 Å². The summed E-state index contributed by atoms with van der Waals surface area (Å²) in [5.74, 6) is 0.589. The Hall–Kier alpha value is -1.31. The van der Waals surface area contributed by atoms with E-state index >= 15 is 0 Å². The highest BCUT2D eigenvalue weighted by Gasteiger charge is 2.22. The lowest BCUT2D eigenvalue weighted by atomic mass is 10.2. The van der Waals surface area contributed by atoms with E-state index in [1.54, 1.807) is 6.07 Å². The van der Waals surface area contributed by atoms with Gasteiger partial charge < -0.3 is 14.7 Å². The second kappa shape index (κ2) is 5.35. The van der Waals surface area contributed by atoms with Gasteiger partial charge in [0, 0.05) is 11.8 Å². The minimum atomic E-state index is -3.49. The van der Waals surface area contributed by atoms with E-state index in [1.807, 2.05) is 5.48 Å². The zero-order valence-electron chi connectivity index (χ0n) is 9.85. The first-order chi connectivity index (χ1) is 7.95. The standard InChI is InChI=1S/C10H15NO5S/c1-15-8-4-5-9(16-2)10(17(3,13)14)7(8)6-11-12/h4-5,11-12H,6H2,1-3H3. The Labute approximate surface area is 100 Å². The third-order valence-corrected chi connectivity index (χ3v) is 3.44. The Morgan fingerprint density at radius 3 is 2.18 bits per heavy atom. The number of hydrogen-bond donors (Lipinski definition) is 2. The largest absolute Gasteiger partial charge is 0.496 e. The lowest BCUT2D eigenvalue weighted by molar-refractivity contribution is 0.159. The molecule has 0 spiro atoms. The van der Waals surface area contributed by atoms with E-state index in [9.17, 15) is 8.42 Å². The summed E-state index contributed by atoms with van der Waals surface area (Å²) >= 11 is 0. The van der Waals surface area contributed by atoms with Gasteiger partial charge in [0.2, 0.25) is 0 Å². The molecule has 1 aromatic carbocycles. The van der Waals surface area contributed by atoms with Gasteiger partial charge in [-0.2, -0.15) is 0 Å². The molecule has 0 aliphatic heterocycles. The van der Waals surface area contributed by atoms with Gasteiger partial charge in [-0.15, -0.1) is 0 Å². The maximum Gasteiger partial charge on any atom is 0.179 e. The van der Waals surface area contributed by atoms with E-state index in [4.69, 9.17) is 14.7 Å². The molecule has 0 saturated carbocycles. The molecule has 6 nitrogen and oxygen atoms in total. The van der Waals surface area contributed by atoms with Crippen LogP contribution < -0.4 is 15.0 Å². The smallest absolute Gasteiger partial charge is 0.179 e. The van der Waals surface area contributed by atoms with Crippen molar-refractivity contribution in [3.05, 3.63) is 17.7 Å². The van der Waals surface area contributed by atoms with Crippen molar-refractivity contribution in [3.63, 3.8) is 0 Å². The van der Waals surface area contributed by atoms with Gasteiger partial charge in [-0.05, 0) is 12.1 Å². The summed E-state index contributed by atoms with van der Waals surface area (Å²) in [7, 11) is -0.680. The molecule has 0 aliphatic carbocycles. The Morgan fingerprint density at radius 2 is 1.76 bits per heavy atom. The summed E-state index contributed by atoms with van der Waals surface area (Å²) in [5.41, 5.74) is 2.25. The maximum absolute atomic E-state index is 11.7. The minimum Gasteiger partial charge on any atom is -0.496 e. The minimum absolute atomic E-state index is 0.0147. The Balaban J connectivity index is 3.58. The quantitative estimate of drug-likeness (QED) is 0.754. The van der Waals surface area contributed by atoms with Gasteiger partial charge in [0.15, 0.2) is 9.84 Å². The van der Waals surface area contributed by atoms with Gasteiger partial charge in [-0.25, -0.2) is 13.9 Å². The lowest BCUT2D eigenvalue weighted by Crippen LogP contribution is -2.13. The second-order valence-electron chi connectivity index (χ2n) is 3.38. The summed E-state index contributed by atoms with van der Waals surface area (Å²) in [6.07, 6.45) is 1.07. The molecule has 17 heavy (non-hydrogen) atoms. The highest BCUT2D eigenvalue weighted by molar-refractivity contribution is 7.90. The first-order valence-corrected chi connectivity index (χ1v) is 6.65. The van der Waals surface area contributed by atoms with Crippen LogP contribution in [-0.2, 0) is 16.4 Å². The Bertz CT molecular complexity index is 498. The monoisotopic (exact) mass is 261 g/mol. The van der Waals surface area contributed by atoms with Crippen molar-refractivity contribution in [1.29, 1.82) is 0 Å². The number of methoxy groups -OCH3 is 2. The van der Waals surface area contributed by atoms with Crippen LogP contribution in [0.5, 0.6) is 11.5 Å². The highest BCUT2D eigenvalue weighted by Crippen LogP contribution is 2.33. The van der Waals surface area contributed by atoms with Gasteiger partial charge in [-0.3, -0.25) is 0 Å². The van der Waals surface area contributed by atoms with Crippen LogP contribution in [0.1, 0.15) is 5.56 Å². The second-order valence-corrected chi connectivity index (χ2v) is 5.34. The molecule has 0 heterocycles. The van der Waals surface area contributed by atoms with Crippen molar-refractivity contribution in [3.8, 4) is 11.5 Å². The predicted octanol–water partition coefficient (Wildman–Crippen LogP) is 0.586. The molecule has 2 N–H and O–H groups in total. The molecule has 0 amide bonds. The van der Waals surface area contributed by atoms with Crippen LogP contribution >= 0.6 is 0 Å². The Morgan fingerprint density at radius 1 is 1.24 bits per heavy atom. The predicted molar refractivity (Wildman–Crippen MR) is 61.3 cm³/mol. The molecule has 0 unspecified atom stereocenters. The van der Waals surface area contributed by atoms with Gasteiger partial charge in [0.1, 0.15) is 16.4 Å². The van der Waals surface area contributed by atoms with Gasteiger partial charge in [-0.1, -0.05) is 0 Å². The van der Waals surface area contributed by atoms with Gasteiger partial charge in [0.25, 0.3) is 0 Å². The lowest BCUT2D eigenvalue weighted by Gasteiger charge is -2.15. The molecule has 1 aromatic rings. The third-order valence-electron chi connectivity index (χ3n) is 2.25. The van der Waals surface area contributed by atoms with Crippen LogP contribution in [0.3, 0.4) is 0 Å². The number of rotatable bonds is 5. The van der Waals surface area contributed by atoms with Crippen LogP contribution in [0, 0.1) is 0 Å². The fourth-order valence-corrected chi connectivity index (χ4v) is 2.73. The molecule has 7 heteroatoms. The fourth-order valence-electron chi connectivity index (χ4n) is 1.59. The molecule has 0 radical (unpaired) electrons.